The molecule has 6 nitrogen and oxygen atoms in total. The standard InChI is InChI=1S/C14H15NO5/c16-12(15-8-4-7-11(15)13(17)18)9-20-14(19)10-5-2-1-3-6-10/h1-3,5-6,11H,4,7-9H2,(H,17,18)/t11-/m0/s1. The van der Waals surface area contributed by atoms with Gasteiger partial charge in [-0.25, -0.2) is 9.59 Å². The van der Waals surface area contributed by atoms with Gasteiger partial charge >= 0.3 is 11.9 Å². The molecule has 1 aliphatic rings. The number of rotatable bonds is 4. The molecule has 1 aromatic carbocycles. The van der Waals surface area contributed by atoms with Crippen LogP contribution in [0.5, 0.6) is 0 Å². The Labute approximate surface area is 115 Å². The molecule has 1 saturated heterocycles. The molecule has 20 heavy (non-hydrogen) atoms. The van der Waals surface area contributed by atoms with E-state index in [0.717, 1.165) is 0 Å². The summed E-state index contributed by atoms with van der Waals surface area (Å²) in [5.41, 5.74) is 0.358. The normalized spacial score (nSPS) is 17.8. The van der Waals surface area contributed by atoms with Gasteiger partial charge in [-0.15, -0.1) is 0 Å². The van der Waals surface area contributed by atoms with Crippen molar-refractivity contribution in [2.75, 3.05) is 13.2 Å². The average molecular weight is 277 g/mol. The van der Waals surface area contributed by atoms with Gasteiger partial charge in [0.15, 0.2) is 6.61 Å². The Hall–Kier alpha value is -2.37. The molecular weight excluding hydrogens is 262 g/mol. The molecule has 0 spiro atoms. The van der Waals surface area contributed by atoms with Crippen molar-refractivity contribution < 1.29 is 24.2 Å². The van der Waals surface area contributed by atoms with Crippen molar-refractivity contribution in [3.05, 3.63) is 35.9 Å². The highest BCUT2D eigenvalue weighted by molar-refractivity contribution is 5.92. The number of carboxylic acids is 1. The molecule has 0 aliphatic carbocycles. The molecule has 1 atom stereocenters. The molecule has 1 aromatic rings. The van der Waals surface area contributed by atoms with Crippen molar-refractivity contribution in [2.24, 2.45) is 0 Å². The maximum atomic E-state index is 11.9. The maximum Gasteiger partial charge on any atom is 0.338 e. The quantitative estimate of drug-likeness (QED) is 0.827. The Morgan fingerprint density at radius 1 is 1.25 bits per heavy atom. The lowest BCUT2D eigenvalue weighted by Crippen LogP contribution is -2.42. The van der Waals surface area contributed by atoms with Crippen LogP contribution in [0.1, 0.15) is 23.2 Å². The predicted molar refractivity (Wildman–Crippen MR) is 69.1 cm³/mol. The fourth-order valence-corrected chi connectivity index (χ4v) is 2.19. The minimum Gasteiger partial charge on any atom is -0.480 e. The SMILES string of the molecule is O=C(OCC(=O)N1CCC[C@H]1C(=O)O)c1ccccc1. The van der Waals surface area contributed by atoms with Crippen LogP contribution >= 0.6 is 0 Å². The second-order valence-corrected chi connectivity index (χ2v) is 4.53. The molecular formula is C14H15NO5. The summed E-state index contributed by atoms with van der Waals surface area (Å²) in [6.07, 6.45) is 1.09. The Morgan fingerprint density at radius 2 is 1.95 bits per heavy atom. The van der Waals surface area contributed by atoms with E-state index in [0.29, 0.717) is 24.9 Å². The number of carbonyl (C=O) groups excluding carboxylic acids is 2. The van der Waals surface area contributed by atoms with E-state index >= 15 is 0 Å². The molecule has 106 valence electrons. The van der Waals surface area contributed by atoms with Gasteiger partial charge in [-0.2, -0.15) is 0 Å². The minimum atomic E-state index is -1.02. The zero-order chi connectivity index (χ0) is 14.5. The Bertz CT molecular complexity index is 514. The molecule has 6 heteroatoms. The molecule has 0 radical (unpaired) electrons. The molecule has 2 rings (SSSR count). The number of hydrogen-bond donors (Lipinski definition) is 1. The monoisotopic (exact) mass is 277 g/mol. The van der Waals surface area contributed by atoms with E-state index < -0.39 is 30.5 Å². The molecule has 0 bridgehead atoms. The molecule has 0 saturated carbocycles. The lowest BCUT2D eigenvalue weighted by atomic mass is 10.2. The Morgan fingerprint density at radius 3 is 2.60 bits per heavy atom. The van der Waals surface area contributed by atoms with Crippen LogP contribution in [0.2, 0.25) is 0 Å². The van der Waals surface area contributed by atoms with E-state index in [9.17, 15) is 14.4 Å². The fourth-order valence-electron chi connectivity index (χ4n) is 2.19. The summed E-state index contributed by atoms with van der Waals surface area (Å²) in [6, 6.07) is 7.52. The van der Waals surface area contributed by atoms with Gasteiger partial charge in [0, 0.05) is 6.54 Å². The third-order valence-electron chi connectivity index (χ3n) is 3.19. The highest BCUT2D eigenvalue weighted by Gasteiger charge is 2.34. The van der Waals surface area contributed by atoms with Crippen molar-refractivity contribution in [1.29, 1.82) is 0 Å². The number of aliphatic carboxylic acids is 1. The second kappa shape index (κ2) is 6.18. The molecule has 1 aliphatic heterocycles. The molecule has 0 aromatic heterocycles. The number of amides is 1. The number of likely N-dealkylation sites (tertiary alicyclic amines) is 1. The third-order valence-corrected chi connectivity index (χ3v) is 3.19. The van der Waals surface area contributed by atoms with Crippen LogP contribution in [0, 0.1) is 0 Å². The number of ether oxygens (including phenoxy) is 1. The summed E-state index contributed by atoms with van der Waals surface area (Å²) in [5, 5.41) is 8.99. The van der Waals surface area contributed by atoms with E-state index in [4.69, 9.17) is 9.84 Å². The first-order chi connectivity index (χ1) is 9.59. The smallest absolute Gasteiger partial charge is 0.338 e. The summed E-state index contributed by atoms with van der Waals surface area (Å²) in [4.78, 5) is 35.8. The van der Waals surface area contributed by atoms with E-state index in [1.54, 1.807) is 30.3 Å². The number of carbonyl (C=O) groups is 3. The van der Waals surface area contributed by atoms with Crippen LogP contribution < -0.4 is 0 Å². The number of benzene rings is 1. The largest absolute Gasteiger partial charge is 0.480 e. The topological polar surface area (TPSA) is 83.9 Å². The lowest BCUT2D eigenvalue weighted by Gasteiger charge is -2.21. The average Bonchev–Trinajstić information content (AvgIpc) is 2.95. The van der Waals surface area contributed by atoms with E-state index in [-0.39, 0.29) is 0 Å². The summed E-state index contributed by atoms with van der Waals surface area (Å²) in [5.74, 6) is -2.09. The van der Waals surface area contributed by atoms with Gasteiger partial charge in [0.25, 0.3) is 5.91 Å². The van der Waals surface area contributed by atoms with Crippen molar-refractivity contribution in [2.45, 2.75) is 18.9 Å². The van der Waals surface area contributed by atoms with Crippen LogP contribution in [-0.2, 0) is 14.3 Å². The van der Waals surface area contributed by atoms with E-state index in [1.165, 1.54) is 4.90 Å². The molecule has 0 unspecified atom stereocenters. The first-order valence-corrected chi connectivity index (χ1v) is 6.34. The third kappa shape index (κ3) is 3.14. The molecule has 1 fully saturated rings. The summed E-state index contributed by atoms with van der Waals surface area (Å²) < 4.78 is 4.91. The van der Waals surface area contributed by atoms with Gasteiger partial charge in [0.05, 0.1) is 5.56 Å². The van der Waals surface area contributed by atoms with Gasteiger partial charge < -0.3 is 14.7 Å². The zero-order valence-electron chi connectivity index (χ0n) is 10.8. The highest BCUT2D eigenvalue weighted by atomic mass is 16.5. The fraction of sp³-hybridized carbons (Fsp3) is 0.357. The van der Waals surface area contributed by atoms with Crippen LogP contribution in [0.4, 0.5) is 0 Å². The lowest BCUT2D eigenvalue weighted by molar-refractivity contribution is -0.149. The predicted octanol–water partition coefficient (Wildman–Crippen LogP) is 0.919. The Balaban J connectivity index is 1.89. The number of hydrogen-bond acceptors (Lipinski definition) is 4. The van der Waals surface area contributed by atoms with Gasteiger partial charge in [-0.3, -0.25) is 4.79 Å². The van der Waals surface area contributed by atoms with Gasteiger partial charge in [0.2, 0.25) is 0 Å². The number of esters is 1. The number of nitrogens with zero attached hydrogens (tertiary/aromatic N) is 1. The van der Waals surface area contributed by atoms with Crippen molar-refractivity contribution >= 4 is 17.8 Å². The summed E-state index contributed by atoms with van der Waals surface area (Å²) in [7, 11) is 0. The van der Waals surface area contributed by atoms with Crippen molar-refractivity contribution in [3.63, 3.8) is 0 Å². The minimum absolute atomic E-state index is 0.358. The Kier molecular flexibility index (Phi) is 4.34. The first kappa shape index (κ1) is 14.0. The van der Waals surface area contributed by atoms with E-state index in [1.807, 2.05) is 0 Å². The van der Waals surface area contributed by atoms with Crippen molar-refractivity contribution in [3.8, 4) is 0 Å². The zero-order valence-corrected chi connectivity index (χ0v) is 10.8. The number of carboxylic acid groups (broad SMARTS) is 1. The summed E-state index contributed by atoms with van der Waals surface area (Å²) >= 11 is 0. The van der Waals surface area contributed by atoms with E-state index in [2.05, 4.69) is 0 Å². The second-order valence-electron chi connectivity index (χ2n) is 4.53. The molecule has 1 heterocycles. The van der Waals surface area contributed by atoms with Gasteiger partial charge in [-0.05, 0) is 25.0 Å². The van der Waals surface area contributed by atoms with Gasteiger partial charge in [0.1, 0.15) is 6.04 Å². The van der Waals surface area contributed by atoms with Crippen LogP contribution in [0.3, 0.4) is 0 Å². The molecule has 1 amide bonds. The van der Waals surface area contributed by atoms with Crippen molar-refractivity contribution in [1.82, 2.24) is 4.90 Å². The summed E-state index contributed by atoms with van der Waals surface area (Å²) in [6.45, 7) is -0.0454. The maximum absolute atomic E-state index is 11.9. The van der Waals surface area contributed by atoms with Crippen LogP contribution in [-0.4, -0.2) is 47.0 Å². The van der Waals surface area contributed by atoms with Crippen LogP contribution in [0.25, 0.3) is 0 Å². The molecule has 1 N–H and O–H groups in total. The van der Waals surface area contributed by atoms with Crippen LogP contribution in [0.15, 0.2) is 30.3 Å². The van der Waals surface area contributed by atoms with Gasteiger partial charge in [-0.1, -0.05) is 18.2 Å². The highest BCUT2D eigenvalue weighted by Crippen LogP contribution is 2.17. The first-order valence-electron chi connectivity index (χ1n) is 6.34.